The van der Waals surface area contributed by atoms with Crippen LogP contribution in [0.5, 0.6) is 5.88 Å². The number of rotatable bonds is 7. The number of carbonyl (C=O) groups excluding carboxylic acids is 1. The molecular formula is C27H31N5O4. The molecule has 0 unspecified atom stereocenters. The Morgan fingerprint density at radius 2 is 1.89 bits per heavy atom. The van der Waals surface area contributed by atoms with Gasteiger partial charge in [0.05, 0.1) is 35.9 Å². The van der Waals surface area contributed by atoms with E-state index in [-0.39, 0.29) is 17.6 Å². The van der Waals surface area contributed by atoms with E-state index in [2.05, 4.69) is 34.4 Å². The van der Waals surface area contributed by atoms with Crippen molar-refractivity contribution in [2.75, 3.05) is 18.5 Å². The van der Waals surface area contributed by atoms with Gasteiger partial charge in [0, 0.05) is 24.4 Å². The lowest BCUT2D eigenvalue weighted by atomic mass is 9.90. The third kappa shape index (κ3) is 4.49. The number of aromatic nitrogens is 3. The van der Waals surface area contributed by atoms with Crippen LogP contribution in [-0.4, -0.2) is 51.9 Å². The highest BCUT2D eigenvalue weighted by Gasteiger charge is 2.34. The second-order valence-corrected chi connectivity index (χ2v) is 11.1. The summed E-state index contributed by atoms with van der Waals surface area (Å²) in [5.74, 6) is 1.56. The Hall–Kier alpha value is -3.30. The lowest BCUT2D eigenvalue weighted by molar-refractivity contribution is -0.0169. The summed E-state index contributed by atoms with van der Waals surface area (Å²) in [7, 11) is 0. The molecule has 0 aromatic carbocycles. The molecule has 36 heavy (non-hydrogen) atoms. The number of esters is 1. The molecule has 9 heteroatoms. The Labute approximate surface area is 210 Å². The van der Waals surface area contributed by atoms with E-state index in [9.17, 15) is 4.79 Å². The number of carbonyl (C=O) groups is 1. The fourth-order valence-electron chi connectivity index (χ4n) is 4.79. The second kappa shape index (κ2) is 8.38. The van der Waals surface area contributed by atoms with Crippen LogP contribution >= 0.6 is 0 Å². The summed E-state index contributed by atoms with van der Waals surface area (Å²) >= 11 is 0. The predicted molar refractivity (Wildman–Crippen MR) is 135 cm³/mol. The Bertz CT molecular complexity index is 1350. The topological polar surface area (TPSA) is 107 Å². The van der Waals surface area contributed by atoms with Gasteiger partial charge in [-0.25, -0.2) is 19.7 Å². The molecule has 3 aromatic heterocycles. The molecule has 0 atom stereocenters. The quantitative estimate of drug-likeness (QED) is 0.476. The van der Waals surface area contributed by atoms with Crippen LogP contribution in [0, 0.1) is 0 Å². The second-order valence-electron chi connectivity index (χ2n) is 11.1. The van der Waals surface area contributed by atoms with Crippen LogP contribution in [-0.2, 0) is 21.4 Å². The molecule has 2 N–H and O–H groups in total. The first kappa shape index (κ1) is 23.1. The van der Waals surface area contributed by atoms with E-state index in [1.807, 2.05) is 32.3 Å². The van der Waals surface area contributed by atoms with Gasteiger partial charge in [0.25, 0.3) is 0 Å². The van der Waals surface area contributed by atoms with E-state index in [1.165, 1.54) is 0 Å². The zero-order valence-electron chi connectivity index (χ0n) is 21.1. The molecular weight excluding hydrogens is 458 g/mol. The first-order chi connectivity index (χ1) is 17.2. The molecule has 9 nitrogen and oxygen atoms in total. The molecule has 2 aliphatic heterocycles. The summed E-state index contributed by atoms with van der Waals surface area (Å²) < 4.78 is 17.0. The summed E-state index contributed by atoms with van der Waals surface area (Å²) in [5.41, 5.74) is 1.36. The van der Waals surface area contributed by atoms with E-state index in [1.54, 1.807) is 12.1 Å². The summed E-state index contributed by atoms with van der Waals surface area (Å²) in [5, 5.41) is 8.91. The van der Waals surface area contributed by atoms with Crippen LogP contribution in [0.2, 0.25) is 0 Å². The third-order valence-electron chi connectivity index (χ3n) is 6.83. The van der Waals surface area contributed by atoms with E-state index >= 15 is 0 Å². The summed E-state index contributed by atoms with van der Waals surface area (Å²) in [4.78, 5) is 26.4. The molecule has 3 aromatic rings. The van der Waals surface area contributed by atoms with Gasteiger partial charge in [0.2, 0.25) is 5.88 Å². The van der Waals surface area contributed by atoms with Crippen molar-refractivity contribution in [3.05, 3.63) is 47.4 Å². The molecule has 1 aliphatic carbocycles. The number of anilines is 2. The maximum atomic E-state index is 12.3. The lowest BCUT2D eigenvalue weighted by Crippen LogP contribution is -2.53. The highest BCUT2D eigenvalue weighted by Crippen LogP contribution is 2.37. The van der Waals surface area contributed by atoms with Gasteiger partial charge in [-0.2, -0.15) is 0 Å². The monoisotopic (exact) mass is 489 g/mol. The minimum absolute atomic E-state index is 0.234. The standard InChI is InChI=1S/C27H31N5O4/c1-26(2)10-21-17(25(33)36-26)7-8-22(30-21)31-23-9-18-19(11-28-23)24(35-16-5-6-16)29-12-20(18)27(3,4)32-15-13-34-14-15/h7-9,11-12,15-16,32H,5-6,10,13-14H2,1-4H3,(H,28,30,31). The zero-order chi connectivity index (χ0) is 25.1. The average Bonchev–Trinajstić information content (AvgIpc) is 3.59. The van der Waals surface area contributed by atoms with Gasteiger partial charge in [-0.3, -0.25) is 0 Å². The molecule has 3 aliphatic rings. The van der Waals surface area contributed by atoms with Crippen LogP contribution in [0.25, 0.3) is 10.8 Å². The van der Waals surface area contributed by atoms with Crippen LogP contribution in [0.3, 0.4) is 0 Å². The molecule has 2 fully saturated rings. The molecule has 0 amide bonds. The SMILES string of the molecule is CC1(C)Cc2nc(Nc3cc4c(C(C)(C)NC5COC5)cnc(OC5CC5)c4cn3)ccc2C(=O)O1. The highest BCUT2D eigenvalue weighted by molar-refractivity contribution is 5.93. The molecule has 6 rings (SSSR count). The van der Waals surface area contributed by atoms with Gasteiger partial charge in [0.1, 0.15) is 23.3 Å². The first-order valence-electron chi connectivity index (χ1n) is 12.5. The average molecular weight is 490 g/mol. The van der Waals surface area contributed by atoms with E-state index in [4.69, 9.17) is 19.2 Å². The van der Waals surface area contributed by atoms with Crippen molar-refractivity contribution in [2.24, 2.45) is 0 Å². The van der Waals surface area contributed by atoms with Crippen LogP contribution in [0.1, 0.15) is 62.2 Å². The van der Waals surface area contributed by atoms with E-state index in [0.717, 1.165) is 34.9 Å². The Kier molecular flexibility index (Phi) is 5.38. The predicted octanol–water partition coefficient (Wildman–Crippen LogP) is 4.02. The van der Waals surface area contributed by atoms with E-state index < -0.39 is 5.60 Å². The van der Waals surface area contributed by atoms with Crippen molar-refractivity contribution in [3.63, 3.8) is 0 Å². The number of hydrogen-bond acceptors (Lipinski definition) is 9. The van der Waals surface area contributed by atoms with Gasteiger partial charge >= 0.3 is 5.97 Å². The van der Waals surface area contributed by atoms with Crippen molar-refractivity contribution in [3.8, 4) is 5.88 Å². The Morgan fingerprint density at radius 1 is 1.08 bits per heavy atom. The number of fused-ring (bicyclic) bond motifs is 2. The van der Waals surface area contributed by atoms with Gasteiger partial charge in [-0.1, -0.05) is 0 Å². The summed E-state index contributed by atoms with van der Waals surface area (Å²) in [6.45, 7) is 9.51. The molecule has 0 spiro atoms. The molecule has 0 bridgehead atoms. The normalized spacial score (nSPS) is 19.4. The van der Waals surface area contributed by atoms with Crippen LogP contribution < -0.4 is 15.4 Å². The van der Waals surface area contributed by atoms with Crippen molar-refractivity contribution >= 4 is 28.4 Å². The first-order valence-corrected chi connectivity index (χ1v) is 12.5. The minimum Gasteiger partial charge on any atom is -0.474 e. The summed E-state index contributed by atoms with van der Waals surface area (Å²) in [6, 6.07) is 5.87. The molecule has 188 valence electrons. The molecule has 1 saturated heterocycles. The van der Waals surface area contributed by atoms with Gasteiger partial charge in [-0.05, 0) is 69.7 Å². The number of nitrogens with zero attached hydrogens (tertiary/aromatic N) is 3. The lowest BCUT2D eigenvalue weighted by Gasteiger charge is -2.37. The highest BCUT2D eigenvalue weighted by atomic mass is 16.6. The molecule has 0 radical (unpaired) electrons. The van der Waals surface area contributed by atoms with Gasteiger partial charge in [0.15, 0.2) is 0 Å². The maximum Gasteiger partial charge on any atom is 0.340 e. The van der Waals surface area contributed by atoms with Crippen LogP contribution in [0.15, 0.2) is 30.6 Å². The van der Waals surface area contributed by atoms with Crippen molar-refractivity contribution < 1.29 is 19.0 Å². The van der Waals surface area contributed by atoms with E-state index in [0.29, 0.717) is 48.8 Å². The maximum absolute atomic E-state index is 12.3. The largest absolute Gasteiger partial charge is 0.474 e. The van der Waals surface area contributed by atoms with Crippen molar-refractivity contribution in [2.45, 2.75) is 70.2 Å². The zero-order valence-corrected chi connectivity index (χ0v) is 21.1. The van der Waals surface area contributed by atoms with Gasteiger partial charge in [-0.15, -0.1) is 0 Å². The Morgan fingerprint density at radius 3 is 2.61 bits per heavy atom. The molecule has 1 saturated carbocycles. The fraction of sp³-hybridized carbons (Fsp3) is 0.481. The fourth-order valence-corrected chi connectivity index (χ4v) is 4.79. The van der Waals surface area contributed by atoms with Crippen molar-refractivity contribution in [1.82, 2.24) is 20.3 Å². The van der Waals surface area contributed by atoms with Crippen LogP contribution in [0.4, 0.5) is 11.6 Å². The number of nitrogens with one attached hydrogen (secondary N) is 2. The number of hydrogen-bond donors (Lipinski definition) is 2. The number of ether oxygens (including phenoxy) is 3. The Balaban J connectivity index is 1.36. The van der Waals surface area contributed by atoms with Gasteiger partial charge < -0.3 is 24.8 Å². The third-order valence-corrected chi connectivity index (χ3v) is 6.83. The number of cyclic esters (lactones) is 1. The summed E-state index contributed by atoms with van der Waals surface area (Å²) in [6.07, 6.45) is 6.62. The number of pyridine rings is 3. The van der Waals surface area contributed by atoms with Crippen molar-refractivity contribution in [1.29, 1.82) is 0 Å². The minimum atomic E-state index is -0.583. The molecule has 5 heterocycles. The smallest absolute Gasteiger partial charge is 0.340 e.